The van der Waals surface area contributed by atoms with Crippen LogP contribution in [0.1, 0.15) is 72.6 Å². The van der Waals surface area contributed by atoms with E-state index in [1.54, 1.807) is 0 Å². The van der Waals surface area contributed by atoms with Gasteiger partial charge in [0.15, 0.2) is 0 Å². The molecule has 1 N–H and O–H groups in total. The maximum absolute atomic E-state index is 3.84. The Kier molecular flexibility index (Phi) is 9.54. The molecule has 0 radical (unpaired) electrons. The van der Waals surface area contributed by atoms with Gasteiger partial charge in [-0.3, -0.25) is 0 Å². The fraction of sp³-hybridized carbons (Fsp3) is 1.00. The summed E-state index contributed by atoms with van der Waals surface area (Å²) in [4.78, 5) is 2.64. The van der Waals surface area contributed by atoms with Gasteiger partial charge in [0.05, 0.1) is 0 Å². The van der Waals surface area contributed by atoms with Gasteiger partial charge in [0.25, 0.3) is 0 Å². The molecule has 0 amide bonds. The van der Waals surface area contributed by atoms with E-state index < -0.39 is 0 Å². The van der Waals surface area contributed by atoms with Crippen LogP contribution in [-0.2, 0) is 0 Å². The van der Waals surface area contributed by atoms with Crippen molar-refractivity contribution in [2.75, 3.05) is 26.2 Å². The van der Waals surface area contributed by atoms with Gasteiger partial charge in [-0.05, 0) is 70.6 Å². The maximum atomic E-state index is 3.84. The molecule has 1 aliphatic rings. The lowest BCUT2D eigenvalue weighted by atomic mass is 9.89. The second-order valence-corrected chi connectivity index (χ2v) is 6.79. The van der Waals surface area contributed by atoms with Crippen LogP contribution in [0.25, 0.3) is 0 Å². The molecule has 0 aliphatic carbocycles. The minimum atomic E-state index is 0.703. The van der Waals surface area contributed by atoms with Gasteiger partial charge in [-0.2, -0.15) is 0 Å². The van der Waals surface area contributed by atoms with Gasteiger partial charge >= 0.3 is 0 Å². The van der Waals surface area contributed by atoms with E-state index in [0.29, 0.717) is 6.04 Å². The molecule has 1 saturated heterocycles. The van der Waals surface area contributed by atoms with Crippen LogP contribution >= 0.6 is 0 Å². The summed E-state index contributed by atoms with van der Waals surface area (Å²) in [5, 5.41) is 3.84. The first-order valence-corrected chi connectivity index (χ1v) is 9.16. The van der Waals surface area contributed by atoms with Gasteiger partial charge in [-0.25, -0.2) is 0 Å². The zero-order chi connectivity index (χ0) is 14.8. The van der Waals surface area contributed by atoms with Crippen LogP contribution in [0.5, 0.6) is 0 Å². The third kappa shape index (κ3) is 6.58. The molecule has 20 heavy (non-hydrogen) atoms. The highest BCUT2D eigenvalue weighted by Crippen LogP contribution is 2.21. The predicted molar refractivity (Wildman–Crippen MR) is 90.2 cm³/mol. The molecule has 0 spiro atoms. The Labute approximate surface area is 127 Å². The zero-order valence-corrected chi connectivity index (χ0v) is 14.5. The van der Waals surface area contributed by atoms with Crippen LogP contribution in [0.3, 0.4) is 0 Å². The fourth-order valence-electron chi connectivity index (χ4n) is 3.46. The topological polar surface area (TPSA) is 15.3 Å². The van der Waals surface area contributed by atoms with Crippen molar-refractivity contribution in [3.63, 3.8) is 0 Å². The number of hydrogen-bond acceptors (Lipinski definition) is 2. The van der Waals surface area contributed by atoms with Crippen molar-refractivity contribution in [1.29, 1.82) is 0 Å². The van der Waals surface area contributed by atoms with Gasteiger partial charge in [-0.1, -0.05) is 40.0 Å². The molecule has 1 heterocycles. The maximum Gasteiger partial charge on any atom is 0.00680 e. The zero-order valence-electron chi connectivity index (χ0n) is 14.5. The van der Waals surface area contributed by atoms with E-state index in [0.717, 1.165) is 11.8 Å². The molecule has 0 aromatic carbocycles. The van der Waals surface area contributed by atoms with Crippen LogP contribution in [0.2, 0.25) is 0 Å². The van der Waals surface area contributed by atoms with E-state index in [-0.39, 0.29) is 0 Å². The minimum Gasteiger partial charge on any atom is -0.314 e. The predicted octanol–water partition coefficient (Wildman–Crippen LogP) is 4.30. The normalized spacial score (nSPS) is 21.0. The van der Waals surface area contributed by atoms with Crippen molar-refractivity contribution in [3.8, 4) is 0 Å². The first-order chi connectivity index (χ1) is 9.71. The molecule has 0 bridgehead atoms. The number of unbranched alkanes of at least 4 members (excludes halogenated alkanes) is 1. The number of likely N-dealkylation sites (tertiary alicyclic amines) is 1. The Bertz CT molecular complexity index is 221. The largest absolute Gasteiger partial charge is 0.314 e. The average Bonchev–Trinajstić information content (AvgIpc) is 2.48. The fourth-order valence-corrected chi connectivity index (χ4v) is 3.46. The number of hydrogen-bond donors (Lipinski definition) is 1. The molecule has 0 aromatic heterocycles. The van der Waals surface area contributed by atoms with Crippen LogP contribution in [0, 0.1) is 11.8 Å². The lowest BCUT2D eigenvalue weighted by Gasteiger charge is -2.35. The molecule has 0 aromatic rings. The van der Waals surface area contributed by atoms with E-state index >= 15 is 0 Å². The van der Waals surface area contributed by atoms with Gasteiger partial charge < -0.3 is 10.2 Å². The number of piperidine rings is 1. The molecule has 2 unspecified atom stereocenters. The van der Waals surface area contributed by atoms with Crippen LogP contribution in [0.4, 0.5) is 0 Å². The van der Waals surface area contributed by atoms with E-state index in [1.165, 1.54) is 71.1 Å². The SMILES string of the molecule is CCCCC(CC)CNC(C)C1CCN(CCC)CC1. The molecule has 2 heteroatoms. The molecular weight excluding hydrogens is 244 g/mol. The van der Waals surface area contributed by atoms with Gasteiger partial charge in [0.1, 0.15) is 0 Å². The monoisotopic (exact) mass is 282 g/mol. The van der Waals surface area contributed by atoms with Gasteiger partial charge in [0.2, 0.25) is 0 Å². The van der Waals surface area contributed by atoms with Crippen LogP contribution in [0.15, 0.2) is 0 Å². The summed E-state index contributed by atoms with van der Waals surface area (Å²) in [6.45, 7) is 14.5. The summed E-state index contributed by atoms with van der Waals surface area (Å²) in [7, 11) is 0. The molecule has 1 aliphatic heterocycles. The smallest absolute Gasteiger partial charge is 0.00680 e. The summed E-state index contributed by atoms with van der Waals surface area (Å²) in [5.74, 6) is 1.78. The Morgan fingerprint density at radius 2 is 1.80 bits per heavy atom. The van der Waals surface area contributed by atoms with Crippen molar-refractivity contribution < 1.29 is 0 Å². The van der Waals surface area contributed by atoms with Crippen LogP contribution < -0.4 is 5.32 Å². The molecule has 2 atom stereocenters. The summed E-state index contributed by atoms with van der Waals surface area (Å²) >= 11 is 0. The second kappa shape index (κ2) is 10.6. The number of nitrogens with zero attached hydrogens (tertiary/aromatic N) is 1. The van der Waals surface area contributed by atoms with Crippen molar-refractivity contribution in [2.45, 2.75) is 78.7 Å². The lowest BCUT2D eigenvalue weighted by molar-refractivity contribution is 0.160. The first kappa shape index (κ1) is 18.0. The third-order valence-corrected chi connectivity index (χ3v) is 5.15. The van der Waals surface area contributed by atoms with Gasteiger partial charge in [-0.15, -0.1) is 0 Å². The minimum absolute atomic E-state index is 0.703. The van der Waals surface area contributed by atoms with Crippen molar-refractivity contribution in [1.82, 2.24) is 10.2 Å². The molecule has 120 valence electrons. The highest BCUT2D eigenvalue weighted by Gasteiger charge is 2.23. The number of rotatable bonds is 10. The standard InChI is InChI=1S/C18H38N2/c1-5-8-9-17(7-3)15-19-16(4)18-10-13-20(12-6-2)14-11-18/h16-19H,5-15H2,1-4H3. The first-order valence-electron chi connectivity index (χ1n) is 9.16. The van der Waals surface area contributed by atoms with Crippen LogP contribution in [-0.4, -0.2) is 37.1 Å². The highest BCUT2D eigenvalue weighted by atomic mass is 15.1. The Hall–Kier alpha value is -0.0800. The molecule has 2 nitrogen and oxygen atoms in total. The summed E-state index contributed by atoms with van der Waals surface area (Å²) in [5.41, 5.74) is 0. The summed E-state index contributed by atoms with van der Waals surface area (Å²) in [6.07, 6.45) is 9.54. The second-order valence-electron chi connectivity index (χ2n) is 6.79. The molecular formula is C18H38N2. The summed E-state index contributed by atoms with van der Waals surface area (Å²) in [6, 6.07) is 0.703. The molecule has 1 fully saturated rings. The lowest BCUT2D eigenvalue weighted by Crippen LogP contribution is -2.43. The van der Waals surface area contributed by atoms with E-state index in [4.69, 9.17) is 0 Å². The number of nitrogens with one attached hydrogen (secondary N) is 1. The Morgan fingerprint density at radius 1 is 1.10 bits per heavy atom. The molecule has 1 rings (SSSR count). The van der Waals surface area contributed by atoms with E-state index in [9.17, 15) is 0 Å². The van der Waals surface area contributed by atoms with Gasteiger partial charge in [0, 0.05) is 6.04 Å². The van der Waals surface area contributed by atoms with E-state index in [2.05, 4.69) is 37.9 Å². The average molecular weight is 283 g/mol. The quantitative estimate of drug-likeness (QED) is 0.642. The highest BCUT2D eigenvalue weighted by molar-refractivity contribution is 4.80. The van der Waals surface area contributed by atoms with Crippen molar-refractivity contribution in [2.24, 2.45) is 11.8 Å². The van der Waals surface area contributed by atoms with Crippen molar-refractivity contribution >= 4 is 0 Å². The van der Waals surface area contributed by atoms with Crippen molar-refractivity contribution in [3.05, 3.63) is 0 Å². The Morgan fingerprint density at radius 3 is 2.35 bits per heavy atom. The summed E-state index contributed by atoms with van der Waals surface area (Å²) < 4.78 is 0. The third-order valence-electron chi connectivity index (χ3n) is 5.15. The molecule has 0 saturated carbocycles. The Balaban J connectivity index is 2.20. The van der Waals surface area contributed by atoms with E-state index in [1.807, 2.05) is 0 Å².